The summed E-state index contributed by atoms with van der Waals surface area (Å²) in [6.07, 6.45) is 3.52. The first-order valence-corrected chi connectivity index (χ1v) is 12.4. The van der Waals surface area contributed by atoms with Gasteiger partial charge < -0.3 is 18.8 Å². The molecule has 0 saturated heterocycles. The van der Waals surface area contributed by atoms with Crippen LogP contribution in [-0.4, -0.2) is 57.7 Å². The molecular formula is C19H19F3O8S3. The number of phenols is 1. The number of alkyl halides is 3. The lowest BCUT2D eigenvalue weighted by atomic mass is 10.2. The first kappa shape index (κ1) is 28.5. The van der Waals surface area contributed by atoms with Gasteiger partial charge in [-0.25, -0.2) is 9.59 Å². The van der Waals surface area contributed by atoms with Gasteiger partial charge >= 0.3 is 27.6 Å². The Morgan fingerprint density at radius 3 is 1.76 bits per heavy atom. The number of hydrogen-bond acceptors (Lipinski definition) is 10. The number of ether oxygens (including phenoxy) is 2. The molecule has 0 heterocycles. The number of thioether (sulfide) groups is 2. The second-order valence-electron chi connectivity index (χ2n) is 5.71. The van der Waals surface area contributed by atoms with Crippen LogP contribution in [0.4, 0.5) is 13.2 Å². The van der Waals surface area contributed by atoms with Crippen molar-refractivity contribution in [2.75, 3.05) is 26.7 Å². The van der Waals surface area contributed by atoms with Gasteiger partial charge in [-0.15, -0.1) is 23.5 Å². The molecule has 0 spiro atoms. The fourth-order valence-electron chi connectivity index (χ4n) is 2.06. The van der Waals surface area contributed by atoms with Crippen molar-refractivity contribution in [2.45, 2.75) is 15.3 Å². The number of rotatable bonds is 6. The zero-order chi connectivity index (χ0) is 25.4. The van der Waals surface area contributed by atoms with E-state index in [9.17, 15) is 36.3 Å². The maximum absolute atomic E-state index is 12.3. The van der Waals surface area contributed by atoms with Crippen molar-refractivity contribution in [1.82, 2.24) is 0 Å². The average molecular weight is 529 g/mol. The van der Waals surface area contributed by atoms with E-state index in [0.29, 0.717) is 4.90 Å². The highest BCUT2D eigenvalue weighted by Crippen LogP contribution is 2.32. The first-order chi connectivity index (χ1) is 15.3. The number of phenolic OH excluding ortho intramolecular Hbond substituents is 1. The van der Waals surface area contributed by atoms with Gasteiger partial charge in [0.25, 0.3) is 0 Å². The maximum Gasteiger partial charge on any atom is 0.534 e. The molecule has 8 nitrogen and oxygen atoms in total. The Morgan fingerprint density at radius 1 is 0.879 bits per heavy atom. The number of methoxy groups -OCH3 is 2. The third kappa shape index (κ3) is 7.75. The Kier molecular flexibility index (Phi) is 10.4. The lowest BCUT2D eigenvalue weighted by molar-refractivity contribution is -0.0500. The van der Waals surface area contributed by atoms with E-state index in [1.54, 1.807) is 18.4 Å². The van der Waals surface area contributed by atoms with Gasteiger partial charge in [0.2, 0.25) is 0 Å². The van der Waals surface area contributed by atoms with Crippen molar-refractivity contribution in [2.24, 2.45) is 0 Å². The third-order valence-electron chi connectivity index (χ3n) is 3.69. The molecule has 0 aromatic heterocycles. The standard InChI is InChI=1S/C10H9F3O5S2.C9H10O3S/c1-17-9(14)7-4-3-6(19-2)5-8(7)18-20(15,16)10(11,12)13;1-12-9(11)7-4-3-6(13-2)5-8(7)10/h3-5H,1-2H3;3-5,10H,1-2H3. The topological polar surface area (TPSA) is 116 Å². The van der Waals surface area contributed by atoms with E-state index >= 15 is 0 Å². The fourth-order valence-corrected chi connectivity index (χ4v) is 3.39. The molecule has 0 aliphatic carbocycles. The van der Waals surface area contributed by atoms with Crippen molar-refractivity contribution in [3.05, 3.63) is 47.5 Å². The second kappa shape index (κ2) is 12.0. The summed E-state index contributed by atoms with van der Waals surface area (Å²) in [6, 6.07) is 8.41. The number of benzene rings is 2. The smallest absolute Gasteiger partial charge is 0.507 e. The Morgan fingerprint density at radius 2 is 1.33 bits per heavy atom. The monoisotopic (exact) mass is 528 g/mol. The summed E-state index contributed by atoms with van der Waals surface area (Å²) in [7, 11) is -3.57. The van der Waals surface area contributed by atoms with Crippen molar-refractivity contribution >= 4 is 45.6 Å². The molecule has 0 aliphatic heterocycles. The summed E-state index contributed by atoms with van der Waals surface area (Å²) in [6.45, 7) is 0. The van der Waals surface area contributed by atoms with E-state index in [1.165, 1.54) is 31.0 Å². The van der Waals surface area contributed by atoms with Gasteiger partial charge in [0.1, 0.15) is 16.9 Å². The zero-order valence-corrected chi connectivity index (χ0v) is 20.1. The van der Waals surface area contributed by atoms with E-state index in [0.717, 1.165) is 35.9 Å². The molecule has 0 radical (unpaired) electrons. The predicted octanol–water partition coefficient (Wildman–Crippen LogP) is 4.32. The summed E-state index contributed by atoms with van der Waals surface area (Å²) in [5, 5.41) is 9.41. The van der Waals surface area contributed by atoms with E-state index in [2.05, 4.69) is 13.7 Å². The number of carbonyl (C=O) groups is 2. The number of esters is 2. The van der Waals surface area contributed by atoms with Crippen molar-refractivity contribution in [3.8, 4) is 11.5 Å². The quantitative estimate of drug-likeness (QED) is 0.251. The molecule has 182 valence electrons. The fraction of sp³-hybridized carbons (Fsp3) is 0.263. The molecule has 2 rings (SSSR count). The van der Waals surface area contributed by atoms with Crippen LogP contribution >= 0.6 is 23.5 Å². The minimum atomic E-state index is -5.86. The SMILES string of the molecule is COC(=O)c1ccc(SC)cc1O.COC(=O)c1ccc(SC)cc1OS(=O)(=O)C(F)(F)F. The van der Waals surface area contributed by atoms with Gasteiger partial charge in [-0.2, -0.15) is 21.6 Å². The molecule has 2 aromatic rings. The maximum atomic E-state index is 12.3. The van der Waals surface area contributed by atoms with Crippen LogP contribution < -0.4 is 4.18 Å². The molecule has 0 aliphatic rings. The molecule has 0 fully saturated rings. The van der Waals surface area contributed by atoms with Crippen molar-refractivity contribution in [3.63, 3.8) is 0 Å². The summed E-state index contributed by atoms with van der Waals surface area (Å²) in [5.41, 5.74) is -5.81. The minimum Gasteiger partial charge on any atom is -0.507 e. The summed E-state index contributed by atoms with van der Waals surface area (Å²) < 4.78 is 71.6. The van der Waals surface area contributed by atoms with E-state index in [1.807, 2.05) is 6.26 Å². The van der Waals surface area contributed by atoms with Crippen LogP contribution in [0.1, 0.15) is 20.7 Å². The van der Waals surface area contributed by atoms with Crippen LogP contribution in [0.5, 0.6) is 11.5 Å². The Bertz CT molecular complexity index is 1100. The molecular weight excluding hydrogens is 509 g/mol. The van der Waals surface area contributed by atoms with Crippen LogP contribution in [0.2, 0.25) is 0 Å². The molecule has 2 aromatic carbocycles. The van der Waals surface area contributed by atoms with E-state index in [-0.39, 0.29) is 11.3 Å². The largest absolute Gasteiger partial charge is 0.534 e. The number of halogens is 3. The lowest BCUT2D eigenvalue weighted by Gasteiger charge is -2.12. The highest BCUT2D eigenvalue weighted by atomic mass is 32.2. The normalized spacial score (nSPS) is 11.1. The molecule has 0 saturated carbocycles. The molecule has 0 bridgehead atoms. The van der Waals surface area contributed by atoms with Gasteiger partial charge in [0.15, 0.2) is 5.75 Å². The number of carbonyl (C=O) groups excluding carboxylic acids is 2. The van der Waals surface area contributed by atoms with Crippen LogP contribution in [-0.2, 0) is 19.6 Å². The first-order valence-electron chi connectivity index (χ1n) is 8.53. The van der Waals surface area contributed by atoms with Gasteiger partial charge in [0, 0.05) is 9.79 Å². The average Bonchev–Trinajstić information content (AvgIpc) is 2.77. The molecule has 0 unspecified atom stereocenters. The van der Waals surface area contributed by atoms with Crippen LogP contribution in [0.15, 0.2) is 46.2 Å². The molecule has 14 heteroatoms. The number of aromatic hydroxyl groups is 1. The van der Waals surface area contributed by atoms with Crippen LogP contribution in [0, 0.1) is 0 Å². The highest BCUT2D eigenvalue weighted by molar-refractivity contribution is 7.98. The highest BCUT2D eigenvalue weighted by Gasteiger charge is 2.49. The zero-order valence-electron chi connectivity index (χ0n) is 17.6. The second-order valence-corrected chi connectivity index (χ2v) is 9.01. The lowest BCUT2D eigenvalue weighted by Crippen LogP contribution is -2.28. The van der Waals surface area contributed by atoms with Crippen LogP contribution in [0.25, 0.3) is 0 Å². The van der Waals surface area contributed by atoms with E-state index < -0.39 is 38.9 Å². The van der Waals surface area contributed by atoms with Crippen LogP contribution in [0.3, 0.4) is 0 Å². The van der Waals surface area contributed by atoms with Gasteiger partial charge in [-0.1, -0.05) is 0 Å². The van der Waals surface area contributed by atoms with Crippen molar-refractivity contribution in [1.29, 1.82) is 0 Å². The van der Waals surface area contributed by atoms with Gasteiger partial charge in [0.05, 0.1) is 14.2 Å². The van der Waals surface area contributed by atoms with Crippen molar-refractivity contribution < 1.29 is 49.9 Å². The Balaban J connectivity index is 0.000000361. The Labute approximate surface area is 196 Å². The van der Waals surface area contributed by atoms with Gasteiger partial charge in [-0.3, -0.25) is 0 Å². The molecule has 33 heavy (non-hydrogen) atoms. The summed E-state index contributed by atoms with van der Waals surface area (Å²) in [4.78, 5) is 23.8. The number of hydrogen-bond donors (Lipinski definition) is 1. The molecule has 1 N–H and O–H groups in total. The third-order valence-corrected chi connectivity index (χ3v) is 6.10. The summed E-state index contributed by atoms with van der Waals surface area (Å²) in [5.74, 6) is -2.31. The van der Waals surface area contributed by atoms with E-state index in [4.69, 9.17) is 0 Å². The Hall–Kier alpha value is -2.58. The summed E-state index contributed by atoms with van der Waals surface area (Å²) >= 11 is 2.64. The van der Waals surface area contributed by atoms with Gasteiger partial charge in [-0.05, 0) is 48.9 Å². The molecule has 0 atom stereocenters. The minimum absolute atomic E-state index is 0.0429. The molecule has 0 amide bonds. The predicted molar refractivity (Wildman–Crippen MR) is 116 cm³/mol.